The largest absolute Gasteiger partial charge is 0.493 e. The summed E-state index contributed by atoms with van der Waals surface area (Å²) in [5, 5.41) is 0. The number of ether oxygens (including phenoxy) is 4. The first kappa shape index (κ1) is 45.2. The van der Waals surface area contributed by atoms with Crippen molar-refractivity contribution < 1.29 is 38.1 Å². The molecule has 8 heteroatoms. The van der Waals surface area contributed by atoms with E-state index in [1.807, 2.05) is 72.8 Å². The van der Waals surface area contributed by atoms with Crippen molar-refractivity contribution in [3.05, 3.63) is 190 Å². The van der Waals surface area contributed by atoms with Crippen LogP contribution in [0.15, 0.2) is 146 Å². The maximum absolute atomic E-state index is 14.0. The van der Waals surface area contributed by atoms with Gasteiger partial charge in [-0.15, -0.1) is 0 Å². The van der Waals surface area contributed by atoms with Crippen LogP contribution in [0.4, 0.5) is 0 Å². The van der Waals surface area contributed by atoms with Gasteiger partial charge in [-0.3, -0.25) is 19.2 Å². The lowest BCUT2D eigenvalue weighted by molar-refractivity contribution is 0.101. The standard InChI is InChI=1S/C56H56O8/c57-53(41-25-13-9-14-26-41)45-37-47(55(59)43-29-17-11-18-30-43)51-39-49(45)61-33-21-5-1-2-6-22-34-62-50-40-52(64-36-24-8-4-3-7-23-35-63-51)48(56(60)44-31-19-12-20-32-44)38-46(50)54(58)42-27-15-10-16-28-42/h9-20,25-32,37-40H,1-8,21-24,33-36H2. The van der Waals surface area contributed by atoms with E-state index in [0.29, 0.717) is 93.9 Å². The predicted octanol–water partition coefficient (Wildman–Crippen LogP) is 12.5. The fourth-order valence-corrected chi connectivity index (χ4v) is 7.84. The summed E-state index contributed by atoms with van der Waals surface area (Å²) < 4.78 is 25.4. The van der Waals surface area contributed by atoms with Gasteiger partial charge >= 0.3 is 0 Å². The van der Waals surface area contributed by atoms with E-state index in [4.69, 9.17) is 18.9 Å². The van der Waals surface area contributed by atoms with Crippen molar-refractivity contribution in [3.63, 3.8) is 0 Å². The minimum absolute atomic E-state index is 0.221. The van der Waals surface area contributed by atoms with Crippen molar-refractivity contribution >= 4 is 23.1 Å². The lowest BCUT2D eigenvalue weighted by atomic mass is 9.95. The van der Waals surface area contributed by atoms with Gasteiger partial charge < -0.3 is 18.9 Å². The molecule has 6 aromatic carbocycles. The molecule has 64 heavy (non-hydrogen) atoms. The fourth-order valence-electron chi connectivity index (χ4n) is 7.84. The van der Waals surface area contributed by atoms with Gasteiger partial charge in [0.2, 0.25) is 0 Å². The second-order valence-corrected chi connectivity index (χ2v) is 16.1. The molecule has 0 radical (unpaired) electrons. The third kappa shape index (κ3) is 12.2. The van der Waals surface area contributed by atoms with Gasteiger partial charge in [-0.05, 0) is 37.8 Å². The van der Waals surface area contributed by atoms with Gasteiger partial charge in [-0.2, -0.15) is 0 Å². The smallest absolute Gasteiger partial charge is 0.196 e. The molecule has 0 amide bonds. The Morgan fingerprint density at radius 3 is 0.688 bits per heavy atom. The number of hydrogen-bond acceptors (Lipinski definition) is 8. The zero-order valence-corrected chi connectivity index (χ0v) is 36.4. The van der Waals surface area contributed by atoms with E-state index in [9.17, 15) is 19.2 Å². The van der Waals surface area contributed by atoms with Gasteiger partial charge in [0.25, 0.3) is 0 Å². The molecule has 0 saturated heterocycles. The van der Waals surface area contributed by atoms with Crippen LogP contribution in [-0.4, -0.2) is 49.6 Å². The molecule has 4 bridgehead atoms. The summed E-state index contributed by atoms with van der Waals surface area (Å²) in [6, 6.07) is 42.9. The number of rotatable bonds is 8. The lowest BCUT2D eigenvalue weighted by Gasteiger charge is -2.18. The Bertz CT molecular complexity index is 2120. The summed E-state index contributed by atoms with van der Waals surface area (Å²) in [5.74, 6) is 0.726. The Kier molecular flexibility index (Phi) is 16.7. The highest BCUT2D eigenvalue weighted by Crippen LogP contribution is 2.35. The first-order valence-electron chi connectivity index (χ1n) is 22.7. The summed E-state index contributed by atoms with van der Waals surface area (Å²) in [6.45, 7) is 1.59. The van der Waals surface area contributed by atoms with E-state index in [1.165, 1.54) is 0 Å². The molecule has 328 valence electrons. The van der Waals surface area contributed by atoms with Crippen LogP contribution in [0.25, 0.3) is 0 Å². The molecule has 0 atom stereocenters. The topological polar surface area (TPSA) is 105 Å². The summed E-state index contributed by atoms with van der Waals surface area (Å²) in [6.07, 6.45) is 10.7. The van der Waals surface area contributed by atoms with Gasteiger partial charge in [0.15, 0.2) is 23.1 Å². The highest BCUT2D eigenvalue weighted by molar-refractivity contribution is 6.16. The van der Waals surface area contributed by atoms with Crippen LogP contribution < -0.4 is 18.9 Å². The van der Waals surface area contributed by atoms with Crippen LogP contribution in [0.1, 0.15) is 141 Å². The highest BCUT2D eigenvalue weighted by Gasteiger charge is 2.25. The normalized spacial score (nSPS) is 14.6. The van der Waals surface area contributed by atoms with Crippen molar-refractivity contribution in [2.24, 2.45) is 0 Å². The number of carbonyl (C=O) groups is 4. The van der Waals surface area contributed by atoms with Gasteiger partial charge in [-0.1, -0.05) is 173 Å². The molecular formula is C56H56O8. The second kappa shape index (κ2) is 23.6. The van der Waals surface area contributed by atoms with E-state index < -0.39 is 0 Å². The summed E-state index contributed by atoms with van der Waals surface area (Å²) in [4.78, 5) is 55.9. The van der Waals surface area contributed by atoms with E-state index in [1.54, 1.807) is 72.8 Å². The van der Waals surface area contributed by atoms with Crippen LogP contribution in [0.5, 0.6) is 23.0 Å². The second-order valence-electron chi connectivity index (χ2n) is 16.1. The molecule has 7 rings (SSSR count). The lowest BCUT2D eigenvalue weighted by Crippen LogP contribution is -2.12. The highest BCUT2D eigenvalue weighted by atomic mass is 16.5. The monoisotopic (exact) mass is 856 g/mol. The molecule has 0 fully saturated rings. The summed E-state index contributed by atoms with van der Waals surface area (Å²) >= 11 is 0. The minimum Gasteiger partial charge on any atom is -0.493 e. The van der Waals surface area contributed by atoms with Crippen molar-refractivity contribution in [3.8, 4) is 23.0 Å². The van der Waals surface area contributed by atoms with Gasteiger partial charge in [0.1, 0.15) is 23.0 Å². The van der Waals surface area contributed by atoms with Gasteiger partial charge in [0, 0.05) is 34.4 Å². The zero-order chi connectivity index (χ0) is 44.4. The third-order valence-corrected chi connectivity index (χ3v) is 11.4. The van der Waals surface area contributed by atoms with Crippen molar-refractivity contribution in [2.45, 2.75) is 77.0 Å². The van der Waals surface area contributed by atoms with Crippen LogP contribution in [0, 0.1) is 0 Å². The number of ketones is 4. The summed E-state index contributed by atoms with van der Waals surface area (Å²) in [7, 11) is 0. The van der Waals surface area contributed by atoms with E-state index in [2.05, 4.69) is 0 Å². The molecule has 6 aromatic rings. The van der Waals surface area contributed by atoms with Gasteiger partial charge in [-0.25, -0.2) is 0 Å². The van der Waals surface area contributed by atoms with Crippen molar-refractivity contribution in [2.75, 3.05) is 26.4 Å². The van der Waals surface area contributed by atoms with Crippen molar-refractivity contribution in [1.82, 2.24) is 0 Å². The summed E-state index contributed by atoms with van der Waals surface area (Å²) in [5.41, 5.74) is 3.35. The Morgan fingerprint density at radius 1 is 0.266 bits per heavy atom. The maximum Gasteiger partial charge on any atom is 0.196 e. The van der Waals surface area contributed by atoms with E-state index in [-0.39, 0.29) is 23.1 Å². The molecule has 0 unspecified atom stereocenters. The molecule has 0 aliphatic carbocycles. The van der Waals surface area contributed by atoms with Crippen LogP contribution in [0.3, 0.4) is 0 Å². The zero-order valence-electron chi connectivity index (χ0n) is 36.4. The van der Waals surface area contributed by atoms with Gasteiger partial charge in [0.05, 0.1) is 48.7 Å². The number of benzene rings is 6. The molecule has 8 nitrogen and oxygen atoms in total. The van der Waals surface area contributed by atoms with E-state index in [0.717, 1.165) is 77.0 Å². The molecule has 1 heterocycles. The average molecular weight is 857 g/mol. The van der Waals surface area contributed by atoms with Crippen LogP contribution >= 0.6 is 0 Å². The SMILES string of the molecule is O=C(c1ccccc1)c1cc(C(=O)c2ccccc2)c2cc1OCCCCCCCCOc1cc(c(C(=O)c3ccccc3)cc1C(=O)c1ccccc1)OCCCCCCCCO2. The number of hydrogen-bond donors (Lipinski definition) is 0. The predicted molar refractivity (Wildman–Crippen MR) is 250 cm³/mol. The molecule has 0 N–H and O–H groups in total. The first-order valence-corrected chi connectivity index (χ1v) is 22.7. The minimum atomic E-state index is -0.221. The van der Waals surface area contributed by atoms with Crippen molar-refractivity contribution in [1.29, 1.82) is 0 Å². The van der Waals surface area contributed by atoms with E-state index >= 15 is 0 Å². The Labute approximate surface area is 376 Å². The molecule has 0 spiro atoms. The number of carbonyl (C=O) groups excluding carboxylic acids is 4. The Hall–Kier alpha value is -6.80. The number of fused-ring (bicyclic) bond motifs is 4. The molecular weight excluding hydrogens is 801 g/mol. The molecule has 1 aliphatic rings. The Balaban J connectivity index is 1.08. The Morgan fingerprint density at radius 2 is 0.469 bits per heavy atom. The average Bonchev–Trinajstić information content (AvgIpc) is 3.35. The molecule has 1 aliphatic heterocycles. The molecule has 0 aromatic heterocycles. The third-order valence-electron chi connectivity index (χ3n) is 11.4. The van der Waals surface area contributed by atoms with Crippen LogP contribution in [0.2, 0.25) is 0 Å². The maximum atomic E-state index is 14.0. The quantitative estimate of drug-likeness (QED) is 0.139. The first-order chi connectivity index (χ1) is 31.5. The fraction of sp³-hybridized carbons (Fsp3) is 0.286. The van der Waals surface area contributed by atoms with Crippen LogP contribution in [-0.2, 0) is 0 Å². The molecule has 0 saturated carbocycles.